The third-order valence-corrected chi connectivity index (χ3v) is 7.79. The fraction of sp³-hybridized carbons (Fsp3) is 0.438. The maximum Gasteiger partial charge on any atom is 0.408 e. The second kappa shape index (κ2) is 11.8. The molecule has 3 saturated carbocycles. The molecule has 0 atom stereocenters. The van der Waals surface area contributed by atoms with Crippen molar-refractivity contribution in [2.75, 3.05) is 26.0 Å². The van der Waals surface area contributed by atoms with Gasteiger partial charge in [-0.05, 0) is 70.4 Å². The number of hydrogen-bond donors (Lipinski definition) is 4. The lowest BCUT2D eigenvalue weighted by atomic mass is 9.44. The molecule has 0 unspecified atom stereocenters. The van der Waals surface area contributed by atoms with Gasteiger partial charge in [0, 0.05) is 23.7 Å². The van der Waals surface area contributed by atoms with E-state index < -0.39 is 41.4 Å². The standard InChI is InChI=1S/C32H35F3N6O5/c1-29(2,3)46-28(44)40-31-14-30(15-31,16-31)39-27(43)21-11-19(12-23-25(21)38-18-41(23)17-32(33,34)35)7-6-10-37-22-9-8-20(26(42)36-4)13-24(22)45-5/h8-9,11-13,18,37H,10,14-17H2,1-5H3,(H,36,42)(H,39,43)(H,40,44). The molecule has 0 saturated heterocycles. The van der Waals surface area contributed by atoms with Crippen molar-refractivity contribution in [3.8, 4) is 17.6 Å². The fourth-order valence-corrected chi connectivity index (χ4v) is 6.02. The molecule has 244 valence electrons. The zero-order valence-corrected chi connectivity index (χ0v) is 26.1. The summed E-state index contributed by atoms with van der Waals surface area (Å²) < 4.78 is 51.6. The van der Waals surface area contributed by atoms with E-state index in [1.165, 1.54) is 26.3 Å². The van der Waals surface area contributed by atoms with Gasteiger partial charge in [0.25, 0.3) is 11.8 Å². The number of nitrogens with one attached hydrogen (secondary N) is 4. The number of amides is 3. The SMILES string of the molecule is CNC(=O)c1ccc(NCC#Cc2cc(C(=O)NC34CC(NC(=O)OC(C)(C)C)(C3)C4)c3ncn(CC(F)(F)F)c3c2)c(OC)c1. The molecule has 2 bridgehead atoms. The zero-order chi connectivity index (χ0) is 33.5. The number of anilines is 1. The Bertz CT molecular complexity index is 1750. The number of ether oxygens (including phenoxy) is 2. The molecule has 1 aromatic heterocycles. The number of imidazole rings is 1. The van der Waals surface area contributed by atoms with Crippen molar-refractivity contribution in [2.45, 2.75) is 69.4 Å². The maximum atomic E-state index is 13.5. The van der Waals surface area contributed by atoms with Crippen LogP contribution in [0.1, 0.15) is 66.3 Å². The van der Waals surface area contributed by atoms with E-state index in [-0.39, 0.29) is 29.0 Å². The van der Waals surface area contributed by atoms with E-state index in [2.05, 4.69) is 38.1 Å². The Hall–Kier alpha value is -4.93. The summed E-state index contributed by atoms with van der Waals surface area (Å²) in [4.78, 5) is 41.9. The quantitative estimate of drug-likeness (QED) is 0.269. The zero-order valence-electron chi connectivity index (χ0n) is 26.1. The van der Waals surface area contributed by atoms with E-state index in [0.29, 0.717) is 41.8 Å². The van der Waals surface area contributed by atoms with Crippen LogP contribution in [0.5, 0.6) is 5.75 Å². The van der Waals surface area contributed by atoms with Gasteiger partial charge in [-0.3, -0.25) is 9.59 Å². The van der Waals surface area contributed by atoms with Gasteiger partial charge in [-0.1, -0.05) is 11.8 Å². The van der Waals surface area contributed by atoms with Crippen LogP contribution in [0.25, 0.3) is 11.0 Å². The smallest absolute Gasteiger partial charge is 0.408 e. The molecule has 3 fully saturated rings. The summed E-state index contributed by atoms with van der Waals surface area (Å²) in [6.45, 7) is 4.17. The minimum absolute atomic E-state index is 0.0982. The lowest BCUT2D eigenvalue weighted by Crippen LogP contribution is -2.83. The first-order valence-electron chi connectivity index (χ1n) is 14.6. The lowest BCUT2D eigenvalue weighted by Gasteiger charge is -2.70. The second-order valence-corrected chi connectivity index (χ2v) is 12.7. The van der Waals surface area contributed by atoms with Crippen LogP contribution in [-0.2, 0) is 11.3 Å². The Balaban J connectivity index is 1.33. The third kappa shape index (κ3) is 6.98. The Morgan fingerprint density at radius 1 is 1.02 bits per heavy atom. The largest absolute Gasteiger partial charge is 0.495 e. The van der Waals surface area contributed by atoms with Gasteiger partial charge in [0.15, 0.2) is 0 Å². The average molecular weight is 641 g/mol. The fourth-order valence-electron chi connectivity index (χ4n) is 6.02. The molecule has 4 N–H and O–H groups in total. The minimum Gasteiger partial charge on any atom is -0.495 e. The van der Waals surface area contributed by atoms with Crippen LogP contribution in [0.4, 0.5) is 23.7 Å². The van der Waals surface area contributed by atoms with E-state index in [0.717, 1.165) is 10.9 Å². The van der Waals surface area contributed by atoms with E-state index in [1.807, 2.05) is 0 Å². The van der Waals surface area contributed by atoms with Crippen molar-refractivity contribution in [2.24, 2.45) is 0 Å². The van der Waals surface area contributed by atoms with Crippen molar-refractivity contribution in [1.29, 1.82) is 0 Å². The van der Waals surface area contributed by atoms with Crippen LogP contribution in [0.2, 0.25) is 0 Å². The number of alkyl halides is 3. The number of fused-ring (bicyclic) bond motifs is 1. The monoisotopic (exact) mass is 640 g/mol. The molecule has 46 heavy (non-hydrogen) atoms. The van der Waals surface area contributed by atoms with E-state index >= 15 is 0 Å². The molecule has 3 aliphatic carbocycles. The summed E-state index contributed by atoms with van der Waals surface area (Å²) in [5.74, 6) is 5.52. The van der Waals surface area contributed by atoms with Crippen molar-refractivity contribution in [3.63, 3.8) is 0 Å². The van der Waals surface area contributed by atoms with Crippen molar-refractivity contribution in [1.82, 2.24) is 25.5 Å². The van der Waals surface area contributed by atoms with E-state index in [9.17, 15) is 27.6 Å². The molecule has 2 aromatic carbocycles. The molecule has 11 nitrogen and oxygen atoms in total. The molecule has 1 heterocycles. The van der Waals surface area contributed by atoms with Gasteiger partial charge in [-0.2, -0.15) is 13.2 Å². The number of halogens is 3. The Labute approximate surface area is 263 Å². The number of carbonyl (C=O) groups is 3. The van der Waals surface area contributed by atoms with Crippen LogP contribution in [-0.4, -0.2) is 71.0 Å². The Morgan fingerprint density at radius 2 is 1.72 bits per heavy atom. The van der Waals surface area contributed by atoms with Crippen molar-refractivity contribution < 1.29 is 37.0 Å². The summed E-state index contributed by atoms with van der Waals surface area (Å²) in [6.07, 6.45) is -2.44. The highest BCUT2D eigenvalue weighted by molar-refractivity contribution is 6.06. The van der Waals surface area contributed by atoms with Crippen LogP contribution in [0, 0.1) is 11.8 Å². The summed E-state index contributed by atoms with van der Waals surface area (Å²) in [7, 11) is 2.99. The molecule has 3 amide bonds. The maximum absolute atomic E-state index is 13.5. The molecule has 3 aliphatic rings. The van der Waals surface area contributed by atoms with Gasteiger partial charge < -0.3 is 35.3 Å². The molecule has 0 radical (unpaired) electrons. The Morgan fingerprint density at radius 3 is 2.35 bits per heavy atom. The topological polar surface area (TPSA) is 136 Å². The summed E-state index contributed by atoms with van der Waals surface area (Å²) in [5.41, 5.74) is 0.0348. The Kier molecular flexibility index (Phi) is 8.31. The summed E-state index contributed by atoms with van der Waals surface area (Å²) >= 11 is 0. The lowest BCUT2D eigenvalue weighted by molar-refractivity contribution is -0.140. The average Bonchev–Trinajstić information content (AvgIpc) is 3.32. The number of alkyl carbamates (subject to hydrolysis) is 1. The first-order valence-corrected chi connectivity index (χ1v) is 14.6. The van der Waals surface area contributed by atoms with E-state index in [1.54, 1.807) is 39.0 Å². The highest BCUT2D eigenvalue weighted by Gasteiger charge is 2.69. The summed E-state index contributed by atoms with van der Waals surface area (Å²) in [5, 5.41) is 11.5. The predicted octanol–water partition coefficient (Wildman–Crippen LogP) is 4.36. The van der Waals surface area contributed by atoms with Gasteiger partial charge in [-0.15, -0.1) is 0 Å². The number of nitrogens with zero attached hydrogens (tertiary/aromatic N) is 2. The van der Waals surface area contributed by atoms with Gasteiger partial charge in [-0.25, -0.2) is 9.78 Å². The molecule has 0 spiro atoms. The van der Waals surface area contributed by atoms with Gasteiger partial charge in [0.05, 0.1) is 42.3 Å². The van der Waals surface area contributed by atoms with Crippen LogP contribution in [0.15, 0.2) is 36.7 Å². The molecular formula is C32H35F3N6O5. The molecule has 14 heteroatoms. The number of methoxy groups -OCH3 is 1. The summed E-state index contributed by atoms with van der Waals surface area (Å²) in [6, 6.07) is 7.86. The highest BCUT2D eigenvalue weighted by Crippen LogP contribution is 2.60. The van der Waals surface area contributed by atoms with Gasteiger partial charge in [0.1, 0.15) is 23.4 Å². The van der Waals surface area contributed by atoms with Gasteiger partial charge >= 0.3 is 12.3 Å². The predicted molar refractivity (Wildman–Crippen MR) is 164 cm³/mol. The first-order chi connectivity index (χ1) is 21.5. The second-order valence-electron chi connectivity index (χ2n) is 12.7. The highest BCUT2D eigenvalue weighted by atomic mass is 19.4. The number of carbonyl (C=O) groups excluding carboxylic acids is 3. The van der Waals surface area contributed by atoms with Crippen LogP contribution < -0.4 is 26.0 Å². The third-order valence-electron chi connectivity index (χ3n) is 7.79. The van der Waals surface area contributed by atoms with Crippen LogP contribution >= 0.6 is 0 Å². The van der Waals surface area contributed by atoms with Gasteiger partial charge in [0.2, 0.25) is 0 Å². The minimum atomic E-state index is -4.50. The van der Waals surface area contributed by atoms with Crippen molar-refractivity contribution >= 4 is 34.6 Å². The number of benzene rings is 2. The van der Waals surface area contributed by atoms with Crippen molar-refractivity contribution in [3.05, 3.63) is 53.3 Å². The number of hydrogen-bond acceptors (Lipinski definition) is 7. The molecule has 0 aliphatic heterocycles. The first kappa shape index (κ1) is 32.5. The normalized spacial score (nSPS) is 19.9. The number of rotatable bonds is 8. The number of aromatic nitrogens is 2. The van der Waals surface area contributed by atoms with E-state index in [4.69, 9.17) is 9.47 Å². The molecular weight excluding hydrogens is 605 g/mol. The molecule has 3 aromatic rings. The van der Waals surface area contributed by atoms with Crippen LogP contribution in [0.3, 0.4) is 0 Å². The molecule has 6 rings (SSSR count).